The van der Waals surface area contributed by atoms with Gasteiger partial charge in [0.1, 0.15) is 0 Å². The molecule has 1 rings (SSSR count). The molecule has 2 nitrogen and oxygen atoms in total. The van der Waals surface area contributed by atoms with Crippen molar-refractivity contribution in [3.05, 3.63) is 12.1 Å². The summed E-state index contributed by atoms with van der Waals surface area (Å²) in [6.07, 6.45) is -3.61. The summed E-state index contributed by atoms with van der Waals surface area (Å²) in [7, 11) is -0.912. The van der Waals surface area contributed by atoms with E-state index in [-0.39, 0.29) is 12.2 Å². The summed E-state index contributed by atoms with van der Waals surface area (Å²) in [4.78, 5) is 0. The average molecular weight is 222 g/mol. The van der Waals surface area contributed by atoms with Crippen LogP contribution in [0.4, 0.5) is 13.2 Å². The summed E-state index contributed by atoms with van der Waals surface area (Å²) >= 11 is 0. The van der Waals surface area contributed by atoms with Gasteiger partial charge >= 0.3 is 13.3 Å². The normalized spacial score (nSPS) is 27.3. The van der Waals surface area contributed by atoms with Crippen molar-refractivity contribution in [2.24, 2.45) is 0 Å². The van der Waals surface area contributed by atoms with Crippen molar-refractivity contribution < 1.29 is 22.5 Å². The fourth-order valence-corrected chi connectivity index (χ4v) is 1.63. The highest BCUT2D eigenvalue weighted by Gasteiger charge is 2.36. The van der Waals surface area contributed by atoms with Crippen LogP contribution in [0.1, 0.15) is 27.2 Å². The SMILES string of the molecule is CC1CC(C)(C)OB(C=CC(F)(F)F)O1. The fraction of sp³-hybridized carbons (Fsp3) is 0.778. The van der Waals surface area contributed by atoms with E-state index in [4.69, 9.17) is 9.31 Å². The third-order valence-corrected chi connectivity index (χ3v) is 2.02. The number of halogens is 3. The Labute approximate surface area is 87.6 Å². The molecule has 86 valence electrons. The molecule has 6 heteroatoms. The standard InChI is InChI=1S/C9H14BF3O2/c1-7-6-8(2,3)15-10(14-7)5-4-9(11,12)13/h4-5,7H,6H2,1-3H3. The Morgan fingerprint density at radius 1 is 1.40 bits per heavy atom. The van der Waals surface area contributed by atoms with Crippen molar-refractivity contribution in [2.75, 3.05) is 0 Å². The van der Waals surface area contributed by atoms with Crippen LogP contribution in [0.25, 0.3) is 0 Å². The van der Waals surface area contributed by atoms with E-state index < -0.39 is 18.9 Å². The molecule has 0 aromatic rings. The van der Waals surface area contributed by atoms with Crippen LogP contribution in [-0.4, -0.2) is 25.0 Å². The number of allylic oxidation sites excluding steroid dienone is 1. The van der Waals surface area contributed by atoms with Crippen LogP contribution in [0.2, 0.25) is 0 Å². The molecule has 0 aromatic heterocycles. The maximum atomic E-state index is 11.9. The largest absolute Gasteiger partial charge is 0.486 e. The lowest BCUT2D eigenvalue weighted by Gasteiger charge is -2.37. The molecule has 0 spiro atoms. The van der Waals surface area contributed by atoms with Crippen molar-refractivity contribution in [3.63, 3.8) is 0 Å². The Hall–Kier alpha value is -0.485. The van der Waals surface area contributed by atoms with Gasteiger partial charge < -0.3 is 9.31 Å². The second kappa shape index (κ2) is 4.18. The summed E-state index contributed by atoms with van der Waals surface area (Å²) in [5.41, 5.74) is -0.446. The molecular weight excluding hydrogens is 208 g/mol. The van der Waals surface area contributed by atoms with E-state index in [9.17, 15) is 13.2 Å². The lowest BCUT2D eigenvalue weighted by molar-refractivity contribution is -0.0804. The van der Waals surface area contributed by atoms with Gasteiger partial charge in [0.2, 0.25) is 0 Å². The molecular formula is C9H14BF3O2. The molecule has 1 aliphatic rings. The summed E-state index contributed by atoms with van der Waals surface area (Å²) in [6.45, 7) is 5.49. The van der Waals surface area contributed by atoms with Gasteiger partial charge in [0.25, 0.3) is 0 Å². The van der Waals surface area contributed by atoms with E-state index in [2.05, 4.69) is 0 Å². The van der Waals surface area contributed by atoms with Crippen LogP contribution in [0.15, 0.2) is 12.1 Å². The first-order valence-electron chi connectivity index (χ1n) is 4.77. The van der Waals surface area contributed by atoms with Gasteiger partial charge in [0.15, 0.2) is 0 Å². The number of rotatable bonds is 1. The molecule has 15 heavy (non-hydrogen) atoms. The predicted molar refractivity (Wildman–Crippen MR) is 51.3 cm³/mol. The Morgan fingerprint density at radius 2 is 2.00 bits per heavy atom. The van der Waals surface area contributed by atoms with Gasteiger partial charge in [-0.25, -0.2) is 0 Å². The second-order valence-electron chi connectivity index (χ2n) is 4.30. The molecule has 0 aliphatic carbocycles. The van der Waals surface area contributed by atoms with Gasteiger partial charge in [-0.15, -0.1) is 0 Å². The van der Waals surface area contributed by atoms with Gasteiger partial charge in [-0.2, -0.15) is 13.2 Å². The topological polar surface area (TPSA) is 18.5 Å². The number of alkyl halides is 3. The maximum Gasteiger partial charge on any atom is 0.486 e. The zero-order valence-electron chi connectivity index (χ0n) is 8.97. The zero-order valence-corrected chi connectivity index (χ0v) is 8.97. The molecule has 0 radical (unpaired) electrons. The molecule has 0 N–H and O–H groups in total. The van der Waals surface area contributed by atoms with Crippen molar-refractivity contribution in [1.29, 1.82) is 0 Å². The number of hydrogen-bond donors (Lipinski definition) is 0. The van der Waals surface area contributed by atoms with Crippen molar-refractivity contribution in [3.8, 4) is 0 Å². The van der Waals surface area contributed by atoms with Gasteiger partial charge in [0, 0.05) is 12.2 Å². The van der Waals surface area contributed by atoms with Crippen LogP contribution in [0.5, 0.6) is 0 Å². The van der Waals surface area contributed by atoms with Gasteiger partial charge in [-0.1, -0.05) is 0 Å². The van der Waals surface area contributed by atoms with E-state index in [1.165, 1.54) is 0 Å². The van der Waals surface area contributed by atoms with E-state index in [0.717, 1.165) is 5.98 Å². The predicted octanol–water partition coefficient (Wildman–Crippen LogP) is 2.74. The molecule has 1 heterocycles. The summed E-state index contributed by atoms with van der Waals surface area (Å²) in [5.74, 6) is 0.900. The Kier molecular flexibility index (Phi) is 3.50. The van der Waals surface area contributed by atoms with Crippen molar-refractivity contribution in [2.45, 2.75) is 45.1 Å². The Bertz CT molecular complexity index is 250. The Morgan fingerprint density at radius 3 is 2.47 bits per heavy atom. The van der Waals surface area contributed by atoms with Crippen LogP contribution in [0.3, 0.4) is 0 Å². The molecule has 1 saturated heterocycles. The molecule has 1 unspecified atom stereocenters. The molecule has 1 aliphatic heterocycles. The summed E-state index contributed by atoms with van der Waals surface area (Å²) < 4.78 is 46.2. The monoisotopic (exact) mass is 222 g/mol. The molecule has 1 fully saturated rings. The zero-order chi connectivity index (χ0) is 11.7. The maximum absolute atomic E-state index is 11.9. The lowest BCUT2D eigenvalue weighted by Crippen LogP contribution is -2.45. The molecule has 1 atom stereocenters. The highest BCUT2D eigenvalue weighted by molar-refractivity contribution is 6.51. The lowest BCUT2D eigenvalue weighted by atomic mass is 9.82. The van der Waals surface area contributed by atoms with E-state index in [1.807, 2.05) is 20.8 Å². The van der Waals surface area contributed by atoms with Gasteiger partial charge in [-0.05, 0) is 33.2 Å². The average Bonchev–Trinajstić information content (AvgIpc) is 1.95. The molecule has 0 amide bonds. The van der Waals surface area contributed by atoms with E-state index >= 15 is 0 Å². The first kappa shape index (κ1) is 12.6. The van der Waals surface area contributed by atoms with Crippen LogP contribution in [-0.2, 0) is 9.31 Å². The first-order valence-corrected chi connectivity index (χ1v) is 4.77. The van der Waals surface area contributed by atoms with E-state index in [0.29, 0.717) is 6.42 Å². The molecule has 0 saturated carbocycles. The smallest absolute Gasteiger partial charge is 0.405 e. The van der Waals surface area contributed by atoms with E-state index in [1.54, 1.807) is 0 Å². The highest BCUT2D eigenvalue weighted by Crippen LogP contribution is 2.26. The fourth-order valence-electron chi connectivity index (χ4n) is 1.63. The minimum absolute atomic E-state index is 0.100. The molecule has 0 bridgehead atoms. The highest BCUT2D eigenvalue weighted by atomic mass is 19.4. The summed E-state index contributed by atoms with van der Waals surface area (Å²) in [6, 6.07) is 0. The quantitative estimate of drug-likeness (QED) is 0.635. The number of hydrogen-bond acceptors (Lipinski definition) is 2. The van der Waals surface area contributed by atoms with Gasteiger partial charge in [0.05, 0.1) is 5.60 Å². The summed E-state index contributed by atoms with van der Waals surface area (Å²) in [5, 5.41) is 0. The minimum atomic E-state index is -4.32. The van der Waals surface area contributed by atoms with Crippen LogP contribution in [0, 0.1) is 0 Å². The molecule has 0 aromatic carbocycles. The van der Waals surface area contributed by atoms with Crippen molar-refractivity contribution >= 4 is 7.12 Å². The minimum Gasteiger partial charge on any atom is -0.405 e. The van der Waals surface area contributed by atoms with Crippen LogP contribution < -0.4 is 0 Å². The van der Waals surface area contributed by atoms with Crippen molar-refractivity contribution in [1.82, 2.24) is 0 Å². The first-order chi connectivity index (χ1) is 6.68. The second-order valence-corrected chi connectivity index (χ2v) is 4.30. The van der Waals surface area contributed by atoms with Gasteiger partial charge in [-0.3, -0.25) is 0 Å². The van der Waals surface area contributed by atoms with Crippen LogP contribution >= 0.6 is 0 Å². The third-order valence-electron chi connectivity index (χ3n) is 2.02. The third kappa shape index (κ3) is 4.71. The Balaban J connectivity index is 2.60.